The number of likely N-dealkylation sites (tertiary alicyclic amines) is 2. The number of hydrogen-bond donors (Lipinski definition) is 0. The van der Waals surface area contributed by atoms with Gasteiger partial charge in [-0.15, -0.1) is 0 Å². The Morgan fingerprint density at radius 3 is 2.31 bits per heavy atom. The van der Waals surface area contributed by atoms with Gasteiger partial charge in [-0.3, -0.25) is 4.90 Å². The molecule has 1 aromatic carbocycles. The standard InChI is InChI=1S/C21H31BrN2O2/c1-14(2)15-6-7-16(19(22)8-15)9-23-10-17-12-24(13-18(17)11-23)20(25)26-21(3,4)5/h6-8,14,17-18H,9-13H2,1-5H3. The minimum absolute atomic E-state index is 0.162. The van der Waals surface area contributed by atoms with Gasteiger partial charge in [0.05, 0.1) is 0 Å². The van der Waals surface area contributed by atoms with Crippen LogP contribution in [-0.2, 0) is 11.3 Å². The van der Waals surface area contributed by atoms with Crippen molar-refractivity contribution in [3.63, 3.8) is 0 Å². The van der Waals surface area contributed by atoms with E-state index in [0.29, 0.717) is 17.8 Å². The van der Waals surface area contributed by atoms with Gasteiger partial charge < -0.3 is 9.64 Å². The van der Waals surface area contributed by atoms with Crippen LogP contribution in [0.1, 0.15) is 51.7 Å². The number of benzene rings is 1. The summed E-state index contributed by atoms with van der Waals surface area (Å²) in [5.74, 6) is 1.68. The van der Waals surface area contributed by atoms with Crippen LogP contribution in [0, 0.1) is 11.8 Å². The molecule has 1 amide bonds. The first kappa shape index (κ1) is 19.7. The second-order valence-corrected chi connectivity index (χ2v) is 9.96. The Morgan fingerprint density at radius 1 is 1.19 bits per heavy atom. The molecule has 0 aromatic heterocycles. The highest BCUT2D eigenvalue weighted by Crippen LogP contribution is 2.34. The monoisotopic (exact) mass is 422 g/mol. The van der Waals surface area contributed by atoms with E-state index in [1.54, 1.807) is 0 Å². The molecule has 0 saturated carbocycles. The van der Waals surface area contributed by atoms with Gasteiger partial charge in [0.1, 0.15) is 5.60 Å². The van der Waals surface area contributed by atoms with Crippen molar-refractivity contribution in [1.82, 2.24) is 9.80 Å². The molecule has 4 nitrogen and oxygen atoms in total. The molecule has 1 aromatic rings. The number of carbonyl (C=O) groups is 1. The van der Waals surface area contributed by atoms with Crippen LogP contribution >= 0.6 is 15.9 Å². The van der Waals surface area contributed by atoms with Crippen LogP contribution in [0.3, 0.4) is 0 Å². The van der Waals surface area contributed by atoms with Crippen LogP contribution in [-0.4, -0.2) is 47.7 Å². The lowest BCUT2D eigenvalue weighted by atomic mass is 10.0. The highest BCUT2D eigenvalue weighted by Gasteiger charge is 2.42. The minimum Gasteiger partial charge on any atom is -0.444 e. The van der Waals surface area contributed by atoms with Gasteiger partial charge in [-0.25, -0.2) is 4.79 Å². The van der Waals surface area contributed by atoms with Crippen LogP contribution in [0.5, 0.6) is 0 Å². The fourth-order valence-electron chi connectivity index (χ4n) is 3.99. The Hall–Kier alpha value is -1.07. The van der Waals surface area contributed by atoms with Crippen LogP contribution in [0.25, 0.3) is 0 Å². The summed E-state index contributed by atoms with van der Waals surface area (Å²) in [6.07, 6.45) is -0.162. The number of rotatable bonds is 3. The van der Waals surface area contributed by atoms with E-state index in [-0.39, 0.29) is 6.09 Å². The van der Waals surface area contributed by atoms with Crippen LogP contribution in [0.4, 0.5) is 4.79 Å². The van der Waals surface area contributed by atoms with Crippen molar-refractivity contribution in [1.29, 1.82) is 0 Å². The van der Waals surface area contributed by atoms with Gasteiger partial charge in [-0.2, -0.15) is 0 Å². The number of carbonyl (C=O) groups excluding carboxylic acids is 1. The van der Waals surface area contributed by atoms with E-state index in [2.05, 4.69) is 52.9 Å². The largest absolute Gasteiger partial charge is 0.444 e. The number of halogens is 1. The quantitative estimate of drug-likeness (QED) is 0.696. The van der Waals surface area contributed by atoms with E-state index in [1.165, 1.54) is 15.6 Å². The van der Waals surface area contributed by atoms with Gasteiger partial charge in [0.25, 0.3) is 0 Å². The average Bonchev–Trinajstić information content (AvgIpc) is 3.05. The zero-order valence-electron chi connectivity index (χ0n) is 16.6. The van der Waals surface area contributed by atoms with Crippen molar-refractivity contribution in [2.75, 3.05) is 26.2 Å². The summed E-state index contributed by atoms with van der Waals surface area (Å²) in [4.78, 5) is 16.7. The molecule has 5 heteroatoms. The number of fused-ring (bicyclic) bond motifs is 1. The molecular formula is C21H31BrN2O2. The van der Waals surface area contributed by atoms with Gasteiger partial charge in [0, 0.05) is 37.2 Å². The smallest absolute Gasteiger partial charge is 0.410 e. The van der Waals surface area contributed by atoms with E-state index in [9.17, 15) is 4.79 Å². The molecule has 2 aliphatic rings. The van der Waals surface area contributed by atoms with Crippen molar-refractivity contribution < 1.29 is 9.53 Å². The highest BCUT2D eigenvalue weighted by molar-refractivity contribution is 9.10. The maximum absolute atomic E-state index is 12.3. The van der Waals surface area contributed by atoms with Gasteiger partial charge in [0.15, 0.2) is 0 Å². The first-order valence-corrected chi connectivity index (χ1v) is 10.4. The highest BCUT2D eigenvalue weighted by atomic mass is 79.9. The zero-order valence-corrected chi connectivity index (χ0v) is 18.2. The van der Waals surface area contributed by atoms with Crippen molar-refractivity contribution in [3.05, 3.63) is 33.8 Å². The summed E-state index contributed by atoms with van der Waals surface area (Å²) in [6, 6.07) is 6.74. The van der Waals surface area contributed by atoms with Crippen LogP contribution in [0.2, 0.25) is 0 Å². The fourth-order valence-corrected chi connectivity index (χ4v) is 4.51. The predicted octanol–water partition coefficient (Wildman–Crippen LogP) is 4.87. The number of ether oxygens (including phenoxy) is 1. The van der Waals surface area contributed by atoms with E-state index in [0.717, 1.165) is 32.7 Å². The summed E-state index contributed by atoms with van der Waals surface area (Å²) >= 11 is 3.74. The van der Waals surface area contributed by atoms with Gasteiger partial charge >= 0.3 is 6.09 Å². The van der Waals surface area contributed by atoms with E-state index in [1.807, 2.05) is 25.7 Å². The molecule has 2 atom stereocenters. The average molecular weight is 423 g/mol. The third kappa shape index (κ3) is 4.61. The van der Waals surface area contributed by atoms with Gasteiger partial charge in [-0.1, -0.05) is 41.9 Å². The Labute approximate surface area is 166 Å². The maximum Gasteiger partial charge on any atom is 0.410 e. The summed E-state index contributed by atoms with van der Waals surface area (Å²) in [5, 5.41) is 0. The second kappa shape index (κ2) is 7.51. The summed E-state index contributed by atoms with van der Waals surface area (Å²) in [7, 11) is 0. The fraction of sp³-hybridized carbons (Fsp3) is 0.667. The summed E-state index contributed by atoms with van der Waals surface area (Å²) < 4.78 is 6.73. The van der Waals surface area contributed by atoms with Crippen molar-refractivity contribution in [3.8, 4) is 0 Å². The molecule has 3 rings (SSSR count). The Bertz CT molecular complexity index is 654. The number of hydrogen-bond acceptors (Lipinski definition) is 3. The predicted molar refractivity (Wildman–Crippen MR) is 108 cm³/mol. The maximum atomic E-state index is 12.3. The molecule has 26 heavy (non-hydrogen) atoms. The first-order valence-electron chi connectivity index (χ1n) is 9.61. The molecule has 0 aliphatic carbocycles. The third-order valence-electron chi connectivity index (χ3n) is 5.35. The van der Waals surface area contributed by atoms with E-state index in [4.69, 9.17) is 4.74 Å². The van der Waals surface area contributed by atoms with Crippen molar-refractivity contribution >= 4 is 22.0 Å². The molecule has 0 bridgehead atoms. The topological polar surface area (TPSA) is 32.8 Å². The molecular weight excluding hydrogens is 392 g/mol. The Balaban J connectivity index is 1.55. The molecule has 0 spiro atoms. The zero-order chi connectivity index (χ0) is 19.1. The minimum atomic E-state index is -0.421. The van der Waals surface area contributed by atoms with E-state index < -0.39 is 5.60 Å². The molecule has 0 radical (unpaired) electrons. The Kier molecular flexibility index (Phi) is 5.69. The Morgan fingerprint density at radius 2 is 1.81 bits per heavy atom. The molecule has 2 saturated heterocycles. The third-order valence-corrected chi connectivity index (χ3v) is 6.09. The number of amides is 1. The van der Waals surface area contributed by atoms with Crippen LogP contribution < -0.4 is 0 Å². The lowest BCUT2D eigenvalue weighted by molar-refractivity contribution is 0.0274. The second-order valence-electron chi connectivity index (χ2n) is 9.11. The molecule has 144 valence electrons. The molecule has 0 N–H and O–H groups in total. The lowest BCUT2D eigenvalue weighted by Gasteiger charge is -2.26. The normalized spacial score (nSPS) is 23.6. The summed E-state index contributed by atoms with van der Waals surface area (Å²) in [6.45, 7) is 14.9. The number of nitrogens with zero attached hydrogens (tertiary/aromatic N) is 2. The van der Waals surface area contributed by atoms with Crippen LogP contribution in [0.15, 0.2) is 22.7 Å². The lowest BCUT2D eigenvalue weighted by Crippen LogP contribution is -2.37. The summed E-state index contributed by atoms with van der Waals surface area (Å²) in [5.41, 5.74) is 2.29. The van der Waals surface area contributed by atoms with Gasteiger partial charge in [-0.05, 0) is 55.7 Å². The molecule has 2 aliphatic heterocycles. The first-order chi connectivity index (χ1) is 12.1. The van der Waals surface area contributed by atoms with Gasteiger partial charge in [0.2, 0.25) is 0 Å². The van der Waals surface area contributed by atoms with Crippen molar-refractivity contribution in [2.24, 2.45) is 11.8 Å². The molecule has 2 fully saturated rings. The SMILES string of the molecule is CC(C)c1ccc(CN2CC3CN(C(=O)OC(C)(C)C)CC3C2)c(Br)c1. The van der Waals surface area contributed by atoms with Crippen molar-refractivity contribution in [2.45, 2.75) is 52.7 Å². The van der Waals surface area contributed by atoms with E-state index >= 15 is 0 Å². The molecule has 2 heterocycles. The molecule has 2 unspecified atom stereocenters.